The number of hydrogen-bond acceptors (Lipinski definition) is 9. The highest BCUT2D eigenvalue weighted by atomic mass is 35.5. The summed E-state index contributed by atoms with van der Waals surface area (Å²) in [5.74, 6) is -0.493. The lowest BCUT2D eigenvalue weighted by Crippen LogP contribution is -2.33. The molecule has 9 nitrogen and oxygen atoms in total. The molecule has 0 radical (unpaired) electrons. The van der Waals surface area contributed by atoms with Crippen molar-refractivity contribution >= 4 is 79.0 Å². The van der Waals surface area contributed by atoms with E-state index in [1.54, 1.807) is 48.4 Å². The van der Waals surface area contributed by atoms with Crippen molar-refractivity contribution in [3.05, 3.63) is 93.3 Å². The lowest BCUT2D eigenvalue weighted by atomic mass is 10.1. The molecule has 0 saturated carbocycles. The smallest absolute Gasteiger partial charge is 0.285 e. The molecule has 0 atom stereocenters. The normalized spacial score (nSPS) is 17.0. The van der Waals surface area contributed by atoms with Crippen LogP contribution in [-0.2, 0) is 9.63 Å². The van der Waals surface area contributed by atoms with E-state index in [2.05, 4.69) is 4.98 Å². The zero-order chi connectivity index (χ0) is 28.5. The van der Waals surface area contributed by atoms with Crippen LogP contribution in [0.4, 0.5) is 5.13 Å². The maximum atomic E-state index is 13.5. The molecule has 6 rings (SSSR count). The van der Waals surface area contributed by atoms with Crippen molar-refractivity contribution in [1.29, 1.82) is 0 Å². The standard InChI is InChI=1S/C29H21ClN4O5S2/c1-38-19-10-7-17(8-11-19)15-24-27(37)33(29(41-24)32-28-31-22-12-9-18(30)16-23(22)40-28)13-4-14-39-34-25(35)20-5-2-3-6-21(20)26(34)36/h2-3,5-12,15-16H,4,13-14H2,1H3/b24-15-,32-29+. The fourth-order valence-corrected chi connectivity index (χ4v) is 6.50. The number of benzene rings is 3. The van der Waals surface area contributed by atoms with Gasteiger partial charge in [-0.3, -0.25) is 24.1 Å². The van der Waals surface area contributed by atoms with Crippen LogP contribution in [0.2, 0.25) is 5.02 Å². The molecule has 2 aliphatic heterocycles. The molecule has 0 N–H and O–H groups in total. The molecule has 1 aromatic heterocycles. The minimum absolute atomic E-state index is 0.0460. The number of amides is 3. The highest BCUT2D eigenvalue weighted by molar-refractivity contribution is 8.18. The van der Waals surface area contributed by atoms with Gasteiger partial charge in [-0.05, 0) is 72.3 Å². The van der Waals surface area contributed by atoms with Gasteiger partial charge in [0.05, 0.1) is 40.0 Å². The van der Waals surface area contributed by atoms with Gasteiger partial charge in [-0.2, -0.15) is 4.99 Å². The summed E-state index contributed by atoms with van der Waals surface area (Å²) in [4.78, 5) is 55.5. The minimum atomic E-state index is -0.499. The highest BCUT2D eigenvalue weighted by Crippen LogP contribution is 2.37. The molecule has 4 aromatic rings. The molecule has 0 aliphatic carbocycles. The number of thiazole rings is 1. The van der Waals surface area contributed by atoms with Gasteiger partial charge < -0.3 is 4.74 Å². The molecule has 3 amide bonds. The van der Waals surface area contributed by atoms with Crippen molar-refractivity contribution in [1.82, 2.24) is 14.9 Å². The Morgan fingerprint density at radius 2 is 1.71 bits per heavy atom. The molecule has 2 aliphatic rings. The first-order valence-electron chi connectivity index (χ1n) is 12.5. The third-order valence-electron chi connectivity index (χ3n) is 6.34. The number of ether oxygens (including phenoxy) is 1. The molecule has 12 heteroatoms. The Morgan fingerprint density at radius 1 is 0.976 bits per heavy atom. The summed E-state index contributed by atoms with van der Waals surface area (Å²) in [7, 11) is 1.60. The number of nitrogens with zero attached hydrogens (tertiary/aromatic N) is 4. The topological polar surface area (TPSA) is 101 Å². The molecule has 41 heavy (non-hydrogen) atoms. The average Bonchev–Trinajstić information content (AvgIpc) is 3.59. The summed E-state index contributed by atoms with van der Waals surface area (Å²) in [6, 6.07) is 19.4. The first-order valence-corrected chi connectivity index (χ1v) is 14.5. The van der Waals surface area contributed by atoms with Gasteiger partial charge in [0.1, 0.15) is 5.75 Å². The second-order valence-corrected chi connectivity index (χ2v) is 11.4. The maximum absolute atomic E-state index is 13.5. The Balaban J connectivity index is 1.20. The van der Waals surface area contributed by atoms with Crippen LogP contribution in [0.25, 0.3) is 16.3 Å². The van der Waals surface area contributed by atoms with E-state index < -0.39 is 11.8 Å². The Labute approximate surface area is 248 Å². The van der Waals surface area contributed by atoms with Crippen LogP contribution in [0.3, 0.4) is 0 Å². The van der Waals surface area contributed by atoms with Gasteiger partial charge in [-0.25, -0.2) is 4.98 Å². The van der Waals surface area contributed by atoms with Crippen LogP contribution in [0.15, 0.2) is 76.6 Å². The van der Waals surface area contributed by atoms with E-state index in [1.807, 2.05) is 36.4 Å². The van der Waals surface area contributed by atoms with E-state index in [9.17, 15) is 14.4 Å². The Bertz CT molecular complexity index is 1720. The number of imide groups is 1. The van der Waals surface area contributed by atoms with Crippen LogP contribution in [0, 0.1) is 0 Å². The first-order chi connectivity index (χ1) is 19.9. The van der Waals surface area contributed by atoms with Crippen molar-refractivity contribution in [2.45, 2.75) is 6.42 Å². The van der Waals surface area contributed by atoms with E-state index in [0.29, 0.717) is 37.8 Å². The maximum Gasteiger partial charge on any atom is 0.285 e. The highest BCUT2D eigenvalue weighted by Gasteiger charge is 2.37. The number of aromatic nitrogens is 1. The summed E-state index contributed by atoms with van der Waals surface area (Å²) in [6.07, 6.45) is 2.15. The van der Waals surface area contributed by atoms with Gasteiger partial charge in [0.15, 0.2) is 5.17 Å². The van der Waals surface area contributed by atoms with Gasteiger partial charge in [0.2, 0.25) is 5.13 Å². The van der Waals surface area contributed by atoms with Crippen LogP contribution in [0.1, 0.15) is 32.7 Å². The van der Waals surface area contributed by atoms with Crippen molar-refractivity contribution in [2.75, 3.05) is 20.3 Å². The number of carbonyl (C=O) groups is 3. The number of rotatable bonds is 8. The van der Waals surface area contributed by atoms with E-state index in [4.69, 9.17) is 26.2 Å². The lowest BCUT2D eigenvalue weighted by Gasteiger charge is -2.17. The summed E-state index contributed by atoms with van der Waals surface area (Å²) in [5, 5.41) is 2.35. The molecule has 0 bridgehead atoms. The number of fused-ring (bicyclic) bond motifs is 2. The molecular formula is C29H21ClN4O5S2. The Hall–Kier alpha value is -4.03. The summed E-state index contributed by atoms with van der Waals surface area (Å²) in [5.41, 5.74) is 2.22. The van der Waals surface area contributed by atoms with Crippen LogP contribution in [-0.4, -0.2) is 58.1 Å². The second kappa shape index (κ2) is 11.5. The monoisotopic (exact) mass is 604 g/mol. The fourth-order valence-electron chi connectivity index (χ4n) is 4.32. The first kappa shape index (κ1) is 27.2. The Morgan fingerprint density at radius 3 is 2.41 bits per heavy atom. The summed E-state index contributed by atoms with van der Waals surface area (Å²) < 4.78 is 6.11. The number of methoxy groups -OCH3 is 1. The van der Waals surface area contributed by atoms with Crippen molar-refractivity contribution in [2.24, 2.45) is 4.99 Å². The molecule has 3 heterocycles. The summed E-state index contributed by atoms with van der Waals surface area (Å²) in [6.45, 7) is 0.300. The van der Waals surface area contributed by atoms with E-state index in [0.717, 1.165) is 26.6 Å². The van der Waals surface area contributed by atoms with E-state index in [1.165, 1.54) is 23.1 Å². The number of carbonyl (C=O) groups excluding carboxylic acids is 3. The largest absolute Gasteiger partial charge is 0.497 e. The number of hydroxylamine groups is 2. The van der Waals surface area contributed by atoms with Gasteiger partial charge in [-0.15, -0.1) is 5.06 Å². The van der Waals surface area contributed by atoms with E-state index >= 15 is 0 Å². The SMILES string of the molecule is COc1ccc(/C=C2\S/C(=N/c3nc4ccc(Cl)cc4s3)N(CCCON3C(=O)c4ccccc4C3=O)C2=O)cc1. The third kappa shape index (κ3) is 5.49. The minimum Gasteiger partial charge on any atom is -0.497 e. The van der Waals surface area contributed by atoms with Gasteiger partial charge >= 0.3 is 0 Å². The number of halogens is 1. The van der Waals surface area contributed by atoms with Gasteiger partial charge in [0, 0.05) is 11.6 Å². The molecule has 206 valence electrons. The van der Waals surface area contributed by atoms with Crippen LogP contribution in [0.5, 0.6) is 5.75 Å². The van der Waals surface area contributed by atoms with E-state index in [-0.39, 0.29) is 19.1 Å². The molecule has 1 saturated heterocycles. The third-order valence-corrected chi connectivity index (χ3v) is 8.49. The average molecular weight is 605 g/mol. The predicted octanol–water partition coefficient (Wildman–Crippen LogP) is 6.18. The zero-order valence-electron chi connectivity index (χ0n) is 21.6. The number of aliphatic imine (C=N–C) groups is 1. The molecule has 0 unspecified atom stereocenters. The van der Waals surface area contributed by atoms with Crippen LogP contribution < -0.4 is 4.74 Å². The van der Waals surface area contributed by atoms with Crippen molar-refractivity contribution in [3.63, 3.8) is 0 Å². The second-order valence-electron chi connectivity index (χ2n) is 8.98. The molecule has 0 spiro atoms. The fraction of sp³-hybridized carbons (Fsp3) is 0.138. The van der Waals surface area contributed by atoms with Crippen LogP contribution >= 0.6 is 34.7 Å². The number of amidine groups is 1. The number of thioether (sulfide) groups is 1. The van der Waals surface area contributed by atoms with Gasteiger partial charge in [-0.1, -0.05) is 47.2 Å². The quantitative estimate of drug-likeness (QED) is 0.134. The summed E-state index contributed by atoms with van der Waals surface area (Å²) >= 11 is 8.76. The lowest BCUT2D eigenvalue weighted by molar-refractivity contribution is -0.123. The van der Waals surface area contributed by atoms with Crippen molar-refractivity contribution < 1.29 is 24.0 Å². The number of hydrogen-bond donors (Lipinski definition) is 0. The molecule has 1 fully saturated rings. The van der Waals surface area contributed by atoms with Gasteiger partial charge in [0.25, 0.3) is 17.7 Å². The zero-order valence-corrected chi connectivity index (χ0v) is 24.0. The predicted molar refractivity (Wildman–Crippen MR) is 160 cm³/mol. The molecule has 3 aromatic carbocycles. The van der Waals surface area contributed by atoms with Crippen molar-refractivity contribution in [3.8, 4) is 5.75 Å². The molecular weight excluding hydrogens is 584 g/mol. The Kier molecular flexibility index (Phi) is 7.59.